The number of aromatic amines is 1. The Morgan fingerprint density at radius 2 is 1.77 bits per heavy atom. The van der Waals surface area contributed by atoms with Crippen LogP contribution in [-0.2, 0) is 4.74 Å². The van der Waals surface area contributed by atoms with Crippen LogP contribution < -0.4 is 10.5 Å². The SMILES string of the molecule is Cc1ccnn1C1c2n[nH]c(=O)c3cc(F)cc(c23)N(C(=O)OC(C)(C)C)C1c1ccc(F)cc1. The van der Waals surface area contributed by atoms with E-state index in [0.29, 0.717) is 16.6 Å². The topological polar surface area (TPSA) is 93.1 Å². The highest BCUT2D eigenvalue weighted by molar-refractivity contribution is 6.05. The maximum Gasteiger partial charge on any atom is 0.415 e. The van der Waals surface area contributed by atoms with Gasteiger partial charge in [-0.05, 0) is 63.6 Å². The van der Waals surface area contributed by atoms with Gasteiger partial charge in [0.1, 0.15) is 23.3 Å². The monoisotopic (exact) mass is 479 g/mol. The van der Waals surface area contributed by atoms with Crippen LogP contribution in [0.4, 0.5) is 19.3 Å². The van der Waals surface area contributed by atoms with Gasteiger partial charge in [0.25, 0.3) is 5.56 Å². The van der Waals surface area contributed by atoms with Crippen LogP contribution in [0.15, 0.2) is 53.5 Å². The number of rotatable bonds is 2. The number of nitrogens with one attached hydrogen (secondary N) is 1. The molecule has 0 radical (unpaired) electrons. The van der Waals surface area contributed by atoms with Gasteiger partial charge in [-0.25, -0.2) is 18.7 Å². The van der Waals surface area contributed by atoms with Crippen molar-refractivity contribution >= 4 is 22.6 Å². The predicted octanol–water partition coefficient (Wildman–Crippen LogP) is 4.79. The molecule has 10 heteroatoms. The van der Waals surface area contributed by atoms with Crippen LogP contribution in [0.5, 0.6) is 0 Å². The van der Waals surface area contributed by atoms with E-state index in [1.165, 1.54) is 23.1 Å². The largest absolute Gasteiger partial charge is 0.443 e. The van der Waals surface area contributed by atoms with Crippen molar-refractivity contribution < 1.29 is 18.3 Å². The van der Waals surface area contributed by atoms with E-state index in [-0.39, 0.29) is 11.1 Å². The molecule has 0 spiro atoms. The Balaban J connectivity index is 1.89. The zero-order chi connectivity index (χ0) is 25.1. The molecule has 2 aromatic carbocycles. The van der Waals surface area contributed by atoms with Crippen molar-refractivity contribution in [3.05, 3.63) is 87.6 Å². The highest BCUT2D eigenvalue weighted by Gasteiger charge is 2.45. The predicted molar refractivity (Wildman–Crippen MR) is 125 cm³/mol. The van der Waals surface area contributed by atoms with E-state index in [2.05, 4.69) is 15.3 Å². The molecule has 35 heavy (non-hydrogen) atoms. The average Bonchev–Trinajstić information content (AvgIpc) is 3.20. The molecule has 2 aromatic heterocycles. The summed E-state index contributed by atoms with van der Waals surface area (Å²) < 4.78 is 36.1. The summed E-state index contributed by atoms with van der Waals surface area (Å²) in [4.78, 5) is 27.6. The summed E-state index contributed by atoms with van der Waals surface area (Å²) >= 11 is 0. The van der Waals surface area contributed by atoms with Gasteiger partial charge in [0.05, 0.1) is 22.8 Å². The molecule has 0 saturated heterocycles. The molecule has 3 heterocycles. The third-order valence-corrected chi connectivity index (χ3v) is 5.91. The standard InChI is InChI=1S/C25H23F2N5O3/c1-13-9-10-28-32(13)22-20-19-17(23(33)30-29-20)11-16(27)12-18(19)31(24(34)35-25(2,3)4)21(22)14-5-7-15(26)8-6-14/h5-12,21-22H,1-4H3,(H,30,33). The maximum absolute atomic E-state index is 14.8. The van der Waals surface area contributed by atoms with Gasteiger partial charge in [-0.1, -0.05) is 12.1 Å². The minimum absolute atomic E-state index is 0.0472. The first kappa shape index (κ1) is 22.7. The number of H-pyrrole nitrogens is 1. The Bertz CT molecular complexity index is 1500. The van der Waals surface area contributed by atoms with E-state index in [9.17, 15) is 18.4 Å². The zero-order valence-corrected chi connectivity index (χ0v) is 19.5. The highest BCUT2D eigenvalue weighted by Crippen LogP contribution is 2.49. The third-order valence-electron chi connectivity index (χ3n) is 5.91. The summed E-state index contributed by atoms with van der Waals surface area (Å²) in [5.41, 5.74) is 0.394. The van der Waals surface area contributed by atoms with Crippen LogP contribution in [0.25, 0.3) is 10.8 Å². The molecule has 0 bridgehead atoms. The molecular weight excluding hydrogens is 456 g/mol. The molecule has 0 saturated carbocycles. The fourth-order valence-corrected chi connectivity index (χ4v) is 4.55. The Morgan fingerprint density at radius 1 is 1.06 bits per heavy atom. The summed E-state index contributed by atoms with van der Waals surface area (Å²) in [6.45, 7) is 7.00. The molecule has 1 aliphatic rings. The first-order chi connectivity index (χ1) is 16.5. The van der Waals surface area contributed by atoms with Gasteiger partial charge >= 0.3 is 6.09 Å². The number of anilines is 1. The van der Waals surface area contributed by atoms with Crippen LogP contribution in [0.1, 0.15) is 49.8 Å². The third kappa shape index (κ3) is 3.84. The van der Waals surface area contributed by atoms with Crippen molar-refractivity contribution in [2.24, 2.45) is 0 Å². The minimum atomic E-state index is -0.860. The molecule has 5 rings (SSSR count). The second-order valence-corrected chi connectivity index (χ2v) is 9.49. The van der Waals surface area contributed by atoms with Crippen molar-refractivity contribution in [2.75, 3.05) is 4.90 Å². The van der Waals surface area contributed by atoms with E-state index < -0.39 is 41.0 Å². The van der Waals surface area contributed by atoms with Crippen molar-refractivity contribution in [3.63, 3.8) is 0 Å². The lowest BCUT2D eigenvalue weighted by atomic mass is 9.87. The van der Waals surface area contributed by atoms with E-state index in [0.717, 1.165) is 11.8 Å². The lowest BCUT2D eigenvalue weighted by Crippen LogP contribution is -2.46. The number of carbonyl (C=O) groups excluding carboxylic acids is 1. The Morgan fingerprint density at radius 3 is 2.40 bits per heavy atom. The zero-order valence-electron chi connectivity index (χ0n) is 19.5. The number of hydrogen-bond acceptors (Lipinski definition) is 5. The van der Waals surface area contributed by atoms with Gasteiger partial charge in [0.2, 0.25) is 0 Å². The van der Waals surface area contributed by atoms with Crippen molar-refractivity contribution in [2.45, 2.75) is 45.4 Å². The lowest BCUT2D eigenvalue weighted by Gasteiger charge is -2.42. The maximum atomic E-state index is 14.8. The number of amides is 1. The molecule has 0 aliphatic carbocycles. The summed E-state index contributed by atoms with van der Waals surface area (Å²) in [5, 5.41) is 11.6. The fraction of sp³-hybridized carbons (Fsp3) is 0.280. The summed E-state index contributed by atoms with van der Waals surface area (Å²) in [6.07, 6.45) is 0.859. The summed E-state index contributed by atoms with van der Waals surface area (Å²) in [5.74, 6) is -1.15. The number of benzene rings is 2. The second kappa shape index (κ2) is 8.00. The lowest BCUT2D eigenvalue weighted by molar-refractivity contribution is 0.0554. The molecule has 8 nitrogen and oxygen atoms in total. The van der Waals surface area contributed by atoms with E-state index in [4.69, 9.17) is 4.74 Å². The smallest absolute Gasteiger partial charge is 0.415 e. The second-order valence-electron chi connectivity index (χ2n) is 9.49. The van der Waals surface area contributed by atoms with Gasteiger partial charge in [0, 0.05) is 17.3 Å². The minimum Gasteiger partial charge on any atom is -0.443 e. The molecule has 1 N–H and O–H groups in total. The molecule has 0 fully saturated rings. The van der Waals surface area contributed by atoms with E-state index >= 15 is 0 Å². The summed E-state index contributed by atoms with van der Waals surface area (Å²) in [6, 6.07) is 8.18. The van der Waals surface area contributed by atoms with Gasteiger partial charge in [0.15, 0.2) is 0 Å². The Kier molecular flexibility index (Phi) is 5.19. The first-order valence-corrected chi connectivity index (χ1v) is 11.0. The molecule has 180 valence electrons. The van der Waals surface area contributed by atoms with Crippen LogP contribution in [0.2, 0.25) is 0 Å². The number of nitrogens with zero attached hydrogens (tertiary/aromatic N) is 4. The van der Waals surface area contributed by atoms with Crippen LogP contribution in [0.3, 0.4) is 0 Å². The van der Waals surface area contributed by atoms with Crippen LogP contribution in [-0.4, -0.2) is 31.7 Å². The average molecular weight is 479 g/mol. The number of carbonyl (C=O) groups is 1. The fourth-order valence-electron chi connectivity index (χ4n) is 4.55. The van der Waals surface area contributed by atoms with Gasteiger partial charge in [-0.2, -0.15) is 10.2 Å². The van der Waals surface area contributed by atoms with Crippen molar-refractivity contribution in [1.29, 1.82) is 0 Å². The van der Waals surface area contributed by atoms with Gasteiger partial charge in [-0.15, -0.1) is 0 Å². The van der Waals surface area contributed by atoms with Gasteiger partial charge < -0.3 is 4.74 Å². The molecular formula is C25H23F2N5O3. The molecule has 2 atom stereocenters. The van der Waals surface area contributed by atoms with Crippen molar-refractivity contribution in [3.8, 4) is 0 Å². The molecule has 1 aliphatic heterocycles. The molecule has 1 amide bonds. The van der Waals surface area contributed by atoms with Crippen molar-refractivity contribution in [1.82, 2.24) is 20.0 Å². The Labute approximate surface area is 199 Å². The van der Waals surface area contributed by atoms with Crippen LogP contribution in [0, 0.1) is 18.6 Å². The number of hydrogen-bond donors (Lipinski definition) is 1. The Hall–Kier alpha value is -4.08. The quantitative estimate of drug-likeness (QED) is 0.446. The number of aromatic nitrogens is 4. The first-order valence-electron chi connectivity index (χ1n) is 11.0. The number of ether oxygens (including phenoxy) is 1. The molecule has 2 unspecified atom stereocenters. The van der Waals surface area contributed by atoms with Crippen LogP contribution >= 0.6 is 0 Å². The summed E-state index contributed by atoms with van der Waals surface area (Å²) in [7, 11) is 0. The highest BCUT2D eigenvalue weighted by atomic mass is 19.1. The van der Waals surface area contributed by atoms with E-state index in [1.807, 2.05) is 6.92 Å². The normalized spacial score (nSPS) is 17.6. The number of halogens is 2. The number of aryl methyl sites for hydroxylation is 1. The van der Waals surface area contributed by atoms with Gasteiger partial charge in [-0.3, -0.25) is 14.4 Å². The molecule has 4 aromatic rings. The van der Waals surface area contributed by atoms with E-state index in [1.54, 1.807) is 49.8 Å².